The molecule has 5 rings (SSSR count). The second-order valence-electron chi connectivity index (χ2n) is 7.29. The minimum absolute atomic E-state index is 0.443. The van der Waals surface area contributed by atoms with Gasteiger partial charge in [-0.15, -0.1) is 10.2 Å². The third kappa shape index (κ3) is 3.67. The molecule has 0 aliphatic carbocycles. The van der Waals surface area contributed by atoms with Gasteiger partial charge in [0.2, 0.25) is 5.95 Å². The summed E-state index contributed by atoms with van der Waals surface area (Å²) in [5, 5.41) is 12.7. The van der Waals surface area contributed by atoms with E-state index in [-0.39, 0.29) is 0 Å². The van der Waals surface area contributed by atoms with Crippen molar-refractivity contribution < 1.29 is 13.8 Å². The van der Waals surface area contributed by atoms with E-state index in [0.29, 0.717) is 29.8 Å². The highest BCUT2D eigenvalue weighted by molar-refractivity contribution is 5.77. The molecule has 30 heavy (non-hydrogen) atoms. The first-order valence-electron chi connectivity index (χ1n) is 9.98. The van der Waals surface area contributed by atoms with Crippen molar-refractivity contribution in [3.05, 3.63) is 60.4 Å². The van der Waals surface area contributed by atoms with Crippen LogP contribution in [0.3, 0.4) is 0 Å². The summed E-state index contributed by atoms with van der Waals surface area (Å²) in [4.78, 5) is 12.3. The Morgan fingerprint density at radius 2 is 1.77 bits per heavy atom. The highest BCUT2D eigenvalue weighted by Crippen LogP contribution is 2.33. The van der Waals surface area contributed by atoms with E-state index in [1.54, 1.807) is 12.4 Å². The van der Waals surface area contributed by atoms with Crippen LogP contribution in [0, 0.1) is 6.92 Å². The van der Waals surface area contributed by atoms with Crippen molar-refractivity contribution in [2.24, 2.45) is 0 Å². The fourth-order valence-electron chi connectivity index (χ4n) is 3.71. The van der Waals surface area contributed by atoms with Crippen LogP contribution in [-0.2, 0) is 6.54 Å². The zero-order chi connectivity index (χ0) is 20.3. The summed E-state index contributed by atoms with van der Waals surface area (Å²) in [6.45, 7) is 6.23. The summed E-state index contributed by atoms with van der Waals surface area (Å²) in [6.07, 6.45) is 3.55. The third-order valence-electron chi connectivity index (χ3n) is 5.30. The number of piperazine rings is 1. The molecule has 4 heterocycles. The van der Waals surface area contributed by atoms with Gasteiger partial charge in [0.25, 0.3) is 11.8 Å². The van der Waals surface area contributed by atoms with Crippen LogP contribution < -0.4 is 9.80 Å². The van der Waals surface area contributed by atoms with E-state index in [0.717, 1.165) is 43.3 Å². The molecule has 9 nitrogen and oxygen atoms in total. The van der Waals surface area contributed by atoms with Gasteiger partial charge in [0.15, 0.2) is 6.54 Å². The summed E-state index contributed by atoms with van der Waals surface area (Å²) in [5.41, 5.74) is 2.42. The van der Waals surface area contributed by atoms with Gasteiger partial charge < -0.3 is 18.7 Å². The highest BCUT2D eigenvalue weighted by atomic mass is 16.5. The van der Waals surface area contributed by atoms with E-state index < -0.39 is 0 Å². The minimum Gasteiger partial charge on any atom is -0.415 e. The minimum atomic E-state index is 0.443. The molecule has 0 amide bonds. The summed E-state index contributed by atoms with van der Waals surface area (Å²) in [7, 11) is 0. The Balaban J connectivity index is 1.28. The standard InChI is InChI=1S/C21H21N7O2/c1-15-18(19(26-30-15)16-6-3-2-4-7-16)20-25-24-17(29-20)14-27-10-12-28(13-11-27)21-22-8-5-9-23-21/h2-9H,10-14H2,1H3/p+1. The second kappa shape index (κ2) is 8.03. The summed E-state index contributed by atoms with van der Waals surface area (Å²) in [5.74, 6) is 2.50. The molecular weight excluding hydrogens is 382 g/mol. The van der Waals surface area contributed by atoms with Crippen LogP contribution in [0.5, 0.6) is 0 Å². The second-order valence-corrected chi connectivity index (χ2v) is 7.29. The number of rotatable bonds is 5. The smallest absolute Gasteiger partial charge is 0.271 e. The molecular formula is C21H22N7O2+. The van der Waals surface area contributed by atoms with Gasteiger partial charge >= 0.3 is 0 Å². The molecule has 1 aliphatic rings. The molecule has 1 saturated heterocycles. The van der Waals surface area contributed by atoms with Crippen molar-refractivity contribution in [3.8, 4) is 22.7 Å². The van der Waals surface area contributed by atoms with E-state index in [9.17, 15) is 0 Å². The molecule has 0 radical (unpaired) electrons. The molecule has 1 aromatic carbocycles. The molecule has 1 aliphatic heterocycles. The lowest BCUT2D eigenvalue weighted by molar-refractivity contribution is -0.915. The Morgan fingerprint density at radius 1 is 1.00 bits per heavy atom. The number of quaternary nitrogens is 1. The average molecular weight is 404 g/mol. The maximum Gasteiger partial charge on any atom is 0.271 e. The Morgan fingerprint density at radius 3 is 2.53 bits per heavy atom. The fourth-order valence-corrected chi connectivity index (χ4v) is 3.71. The predicted molar refractivity (Wildman–Crippen MR) is 109 cm³/mol. The van der Waals surface area contributed by atoms with Gasteiger partial charge in [-0.3, -0.25) is 0 Å². The van der Waals surface area contributed by atoms with Gasteiger partial charge in [-0.25, -0.2) is 9.97 Å². The molecule has 1 fully saturated rings. The van der Waals surface area contributed by atoms with Crippen LogP contribution in [0.25, 0.3) is 22.7 Å². The topological polar surface area (TPSA) is 98.4 Å². The van der Waals surface area contributed by atoms with Crippen molar-refractivity contribution in [1.29, 1.82) is 0 Å². The van der Waals surface area contributed by atoms with Crippen molar-refractivity contribution in [2.45, 2.75) is 13.5 Å². The van der Waals surface area contributed by atoms with Crippen LogP contribution in [0.15, 0.2) is 57.7 Å². The van der Waals surface area contributed by atoms with Crippen LogP contribution >= 0.6 is 0 Å². The van der Waals surface area contributed by atoms with Gasteiger partial charge in [-0.1, -0.05) is 35.5 Å². The lowest BCUT2D eigenvalue weighted by atomic mass is 10.1. The number of nitrogens with one attached hydrogen (secondary N) is 1. The molecule has 9 heteroatoms. The number of aryl methyl sites for hydroxylation is 1. The normalized spacial score (nSPS) is 14.9. The van der Waals surface area contributed by atoms with Crippen molar-refractivity contribution >= 4 is 5.95 Å². The fraction of sp³-hybridized carbons (Fsp3) is 0.286. The van der Waals surface area contributed by atoms with E-state index in [1.807, 2.05) is 43.3 Å². The van der Waals surface area contributed by atoms with Crippen LogP contribution in [0.1, 0.15) is 11.7 Å². The largest absolute Gasteiger partial charge is 0.415 e. The van der Waals surface area contributed by atoms with Crippen LogP contribution in [0.2, 0.25) is 0 Å². The zero-order valence-electron chi connectivity index (χ0n) is 16.7. The lowest BCUT2D eigenvalue weighted by Crippen LogP contribution is -3.13. The molecule has 0 atom stereocenters. The summed E-state index contributed by atoms with van der Waals surface area (Å²) in [6, 6.07) is 11.7. The zero-order valence-corrected chi connectivity index (χ0v) is 16.7. The quantitative estimate of drug-likeness (QED) is 0.533. The highest BCUT2D eigenvalue weighted by Gasteiger charge is 2.26. The molecule has 3 aromatic heterocycles. The maximum atomic E-state index is 6.00. The SMILES string of the molecule is Cc1onc(-c2ccccc2)c1-c1nnc(C[NH+]2CCN(c3ncccn3)CC2)o1. The Labute approximate surface area is 173 Å². The molecule has 0 spiro atoms. The van der Waals surface area contributed by atoms with E-state index in [2.05, 4.69) is 30.2 Å². The van der Waals surface area contributed by atoms with Gasteiger partial charge in [0, 0.05) is 18.0 Å². The molecule has 0 saturated carbocycles. The molecule has 4 aromatic rings. The number of hydrogen-bond donors (Lipinski definition) is 1. The van der Waals surface area contributed by atoms with Crippen molar-refractivity contribution in [2.75, 3.05) is 31.1 Å². The third-order valence-corrected chi connectivity index (χ3v) is 5.30. The van der Waals surface area contributed by atoms with Crippen molar-refractivity contribution in [3.63, 3.8) is 0 Å². The Kier molecular flexibility index (Phi) is 4.94. The molecule has 0 unspecified atom stereocenters. The van der Waals surface area contributed by atoms with E-state index >= 15 is 0 Å². The lowest BCUT2D eigenvalue weighted by Gasteiger charge is -2.31. The van der Waals surface area contributed by atoms with E-state index in [4.69, 9.17) is 8.94 Å². The molecule has 0 bridgehead atoms. The first kappa shape index (κ1) is 18.4. The van der Waals surface area contributed by atoms with Gasteiger partial charge in [-0.2, -0.15) is 0 Å². The monoisotopic (exact) mass is 404 g/mol. The number of nitrogens with zero attached hydrogens (tertiary/aromatic N) is 6. The Hall–Kier alpha value is -3.59. The average Bonchev–Trinajstić information content (AvgIpc) is 3.41. The van der Waals surface area contributed by atoms with Gasteiger partial charge in [0.05, 0.1) is 26.2 Å². The van der Waals surface area contributed by atoms with Crippen LogP contribution in [0.4, 0.5) is 5.95 Å². The summed E-state index contributed by atoms with van der Waals surface area (Å²) < 4.78 is 11.4. The first-order valence-corrected chi connectivity index (χ1v) is 9.98. The van der Waals surface area contributed by atoms with Gasteiger partial charge in [0.1, 0.15) is 17.0 Å². The number of benzene rings is 1. The number of hydrogen-bond acceptors (Lipinski definition) is 8. The first-order chi connectivity index (χ1) is 14.8. The van der Waals surface area contributed by atoms with E-state index in [1.165, 1.54) is 4.90 Å². The Bertz CT molecular complexity index is 1100. The molecule has 152 valence electrons. The van der Waals surface area contributed by atoms with Crippen molar-refractivity contribution in [1.82, 2.24) is 25.3 Å². The van der Waals surface area contributed by atoms with Gasteiger partial charge in [-0.05, 0) is 13.0 Å². The predicted octanol–water partition coefficient (Wildman–Crippen LogP) is 1.40. The molecule has 1 N–H and O–H groups in total. The summed E-state index contributed by atoms with van der Waals surface area (Å²) >= 11 is 0. The number of aromatic nitrogens is 5. The number of anilines is 1. The van der Waals surface area contributed by atoms with Crippen LogP contribution in [-0.4, -0.2) is 51.5 Å². The maximum absolute atomic E-state index is 6.00.